The number of aryl methyl sites for hydroxylation is 1. The maximum Gasteiger partial charge on any atom is 0.393 e. The molecule has 2 fully saturated rings. The molecule has 0 bridgehead atoms. The molecule has 278 valence electrons. The van der Waals surface area contributed by atoms with Crippen LogP contribution in [0.1, 0.15) is 59.9 Å². The lowest BCUT2D eigenvalue weighted by Gasteiger charge is -2.46. The first kappa shape index (κ1) is 36.5. The Balaban J connectivity index is 0.960. The molecule has 7 rings (SSSR count). The van der Waals surface area contributed by atoms with Gasteiger partial charge < -0.3 is 26.3 Å². The molecule has 0 atom stereocenters. The number of alkyl halides is 3. The number of carbonyl (C=O) groups is 1. The van der Waals surface area contributed by atoms with Gasteiger partial charge in [-0.1, -0.05) is 18.2 Å². The molecule has 1 aliphatic heterocycles. The van der Waals surface area contributed by atoms with Crippen molar-refractivity contribution in [3.63, 3.8) is 0 Å². The van der Waals surface area contributed by atoms with E-state index in [1.807, 2.05) is 30.3 Å². The van der Waals surface area contributed by atoms with Crippen LogP contribution < -0.4 is 21.7 Å². The number of nitrogens with two attached hydrogens (primary N) is 1. The Bertz CT molecular complexity index is 2190. The van der Waals surface area contributed by atoms with Gasteiger partial charge in [0.2, 0.25) is 11.9 Å². The number of hydrogen-bond acceptors (Lipinski definition) is 9. The average Bonchev–Trinajstić information content (AvgIpc) is 3.65. The van der Waals surface area contributed by atoms with Gasteiger partial charge in [-0.3, -0.25) is 9.69 Å². The number of piperidine rings is 1. The Morgan fingerprint density at radius 1 is 1.11 bits per heavy atom. The molecule has 2 aliphatic rings. The van der Waals surface area contributed by atoms with E-state index >= 15 is 0 Å². The average molecular weight is 744 g/mol. The van der Waals surface area contributed by atoms with Crippen LogP contribution in [0.5, 0.6) is 0 Å². The van der Waals surface area contributed by atoms with Crippen molar-refractivity contribution in [1.82, 2.24) is 24.8 Å². The Morgan fingerprint density at radius 3 is 2.58 bits per heavy atom. The minimum absolute atomic E-state index is 0.0145. The van der Waals surface area contributed by atoms with Crippen molar-refractivity contribution in [3.8, 4) is 6.07 Å². The van der Waals surface area contributed by atoms with Crippen LogP contribution in [0.15, 0.2) is 48.5 Å². The van der Waals surface area contributed by atoms with Crippen molar-refractivity contribution in [2.24, 2.45) is 5.92 Å². The summed E-state index contributed by atoms with van der Waals surface area (Å²) >= 11 is 1.05. The molecule has 14 heteroatoms. The van der Waals surface area contributed by atoms with Crippen molar-refractivity contribution in [2.45, 2.75) is 83.2 Å². The molecular weight excluding hydrogens is 700 g/mol. The van der Waals surface area contributed by atoms with Crippen molar-refractivity contribution >= 4 is 55.8 Å². The third-order valence-electron chi connectivity index (χ3n) is 10.6. The van der Waals surface area contributed by atoms with Crippen molar-refractivity contribution in [3.05, 3.63) is 75.8 Å². The summed E-state index contributed by atoms with van der Waals surface area (Å²) in [5, 5.41) is 21.4. The van der Waals surface area contributed by atoms with Gasteiger partial charge in [0.15, 0.2) is 0 Å². The molecule has 3 aromatic heterocycles. The lowest BCUT2D eigenvalue weighted by molar-refractivity contribution is -0.126. The van der Waals surface area contributed by atoms with E-state index in [4.69, 9.17) is 5.73 Å². The number of rotatable bonds is 11. The number of fused-ring (bicyclic) bond motifs is 2. The number of thiophene rings is 1. The first-order valence-electron chi connectivity index (χ1n) is 18.0. The molecule has 0 unspecified atom stereocenters. The van der Waals surface area contributed by atoms with E-state index in [1.165, 1.54) is 11.1 Å². The highest BCUT2D eigenvalue weighted by molar-refractivity contribution is 7.18. The van der Waals surface area contributed by atoms with Crippen LogP contribution in [0.3, 0.4) is 0 Å². The molecule has 1 amide bonds. The monoisotopic (exact) mass is 743 g/mol. The number of anilines is 3. The number of nitrogens with zero attached hydrogens (tertiary/aromatic N) is 5. The Morgan fingerprint density at radius 2 is 1.89 bits per heavy atom. The van der Waals surface area contributed by atoms with Gasteiger partial charge in [0.1, 0.15) is 22.4 Å². The first-order chi connectivity index (χ1) is 25.3. The topological polar surface area (TPSA) is 137 Å². The standard InChI is InChI=1S/C39H44F3N9OS/c1-23-26(22-50-11-9-28(10-12-50)46-35-32-16-30(19-39(40,41)42)53-36(32)48-37(45-3)47-35)7-8-33-31(23)15-29(20-43)51(33)21-25-17-38(2,18-25)49-34(52)14-24-5-4-6-27(44)13-24/h4-8,13,15-16,25,28H,9-12,14,17-19,21-22,44H2,1-3H3,(H,49,52)(H2,45,46,47,48). The normalized spacial score (nSPS) is 19.6. The summed E-state index contributed by atoms with van der Waals surface area (Å²) in [4.78, 5) is 24.9. The van der Waals surface area contributed by atoms with E-state index in [2.05, 4.69) is 67.4 Å². The molecule has 5 aromatic rings. The Kier molecular flexibility index (Phi) is 9.99. The second kappa shape index (κ2) is 14.5. The number of nitrogens with one attached hydrogen (secondary N) is 3. The van der Waals surface area contributed by atoms with E-state index in [-0.39, 0.29) is 22.4 Å². The van der Waals surface area contributed by atoms with Crippen molar-refractivity contribution in [2.75, 3.05) is 36.5 Å². The molecule has 0 radical (unpaired) electrons. The first-order valence-corrected chi connectivity index (χ1v) is 18.8. The number of amides is 1. The van der Waals surface area contributed by atoms with E-state index < -0.39 is 12.6 Å². The second-order valence-electron chi connectivity index (χ2n) is 14.9. The van der Waals surface area contributed by atoms with Crippen LogP contribution in [0.2, 0.25) is 0 Å². The zero-order valence-electron chi connectivity index (χ0n) is 30.1. The van der Waals surface area contributed by atoms with Gasteiger partial charge in [0.05, 0.1) is 18.2 Å². The largest absolute Gasteiger partial charge is 0.399 e. The minimum atomic E-state index is -4.29. The SMILES string of the molecule is CNc1nc(NC2CCN(Cc3ccc4c(cc(C#N)n4CC4CC(C)(NC(=O)Cc5cccc(N)c5)C4)c3C)CC2)c2cc(CC(F)(F)F)sc2n1. The van der Waals surface area contributed by atoms with Crippen molar-refractivity contribution < 1.29 is 18.0 Å². The molecule has 1 saturated heterocycles. The van der Waals surface area contributed by atoms with Crippen molar-refractivity contribution in [1.29, 1.82) is 5.26 Å². The minimum Gasteiger partial charge on any atom is -0.399 e. The number of halogens is 3. The highest BCUT2D eigenvalue weighted by Crippen LogP contribution is 2.40. The van der Waals surface area contributed by atoms with Crippen LogP contribution in [-0.2, 0) is 30.7 Å². The van der Waals surface area contributed by atoms with Gasteiger partial charge in [-0.15, -0.1) is 11.3 Å². The predicted molar refractivity (Wildman–Crippen MR) is 204 cm³/mol. The summed E-state index contributed by atoms with van der Waals surface area (Å²) in [5.41, 5.74) is 11.2. The zero-order chi connectivity index (χ0) is 37.5. The third-order valence-corrected chi connectivity index (χ3v) is 11.7. The predicted octanol–water partition coefficient (Wildman–Crippen LogP) is 7.16. The van der Waals surface area contributed by atoms with Crippen LogP contribution in [0, 0.1) is 24.2 Å². The number of benzene rings is 2. The second-order valence-corrected chi connectivity index (χ2v) is 16.0. The summed E-state index contributed by atoms with van der Waals surface area (Å²) in [6, 6.07) is 17.8. The van der Waals surface area contributed by atoms with Gasteiger partial charge in [-0.25, -0.2) is 4.98 Å². The molecule has 2 aromatic carbocycles. The number of aromatic nitrogens is 3. The molecule has 0 spiro atoms. The quantitative estimate of drug-likeness (QED) is 0.105. The molecule has 5 N–H and O–H groups in total. The van der Waals surface area contributed by atoms with E-state index in [1.54, 1.807) is 13.1 Å². The fraction of sp³-hybridized carbons (Fsp3) is 0.436. The van der Waals surface area contributed by atoms with Gasteiger partial charge >= 0.3 is 6.18 Å². The molecule has 1 aliphatic carbocycles. The van der Waals surface area contributed by atoms with Gasteiger partial charge in [0.25, 0.3) is 0 Å². The highest BCUT2D eigenvalue weighted by atomic mass is 32.1. The van der Waals surface area contributed by atoms with Crippen LogP contribution >= 0.6 is 11.3 Å². The van der Waals surface area contributed by atoms with E-state index in [9.17, 15) is 23.2 Å². The number of carbonyl (C=O) groups excluding carboxylic acids is 1. The third kappa shape index (κ3) is 8.21. The number of nitrogen functional groups attached to an aromatic ring is 1. The maximum atomic E-state index is 13.1. The Hall–Kier alpha value is -4.87. The Labute approximate surface area is 310 Å². The lowest BCUT2D eigenvalue weighted by atomic mass is 9.69. The summed E-state index contributed by atoms with van der Waals surface area (Å²) < 4.78 is 41.4. The summed E-state index contributed by atoms with van der Waals surface area (Å²) in [5.74, 6) is 1.26. The number of likely N-dealkylation sites (tertiary alicyclic amines) is 1. The molecule has 53 heavy (non-hydrogen) atoms. The highest BCUT2D eigenvalue weighted by Gasteiger charge is 2.41. The van der Waals surface area contributed by atoms with Gasteiger partial charge in [-0.05, 0) is 92.5 Å². The van der Waals surface area contributed by atoms with E-state index in [0.29, 0.717) is 45.7 Å². The fourth-order valence-corrected chi connectivity index (χ4v) is 9.16. The number of hydrogen-bond donors (Lipinski definition) is 4. The lowest BCUT2D eigenvalue weighted by Crippen LogP contribution is -2.56. The zero-order valence-corrected chi connectivity index (χ0v) is 30.9. The smallest absolute Gasteiger partial charge is 0.393 e. The van der Waals surface area contributed by atoms with Crippen LogP contribution in [0.4, 0.5) is 30.6 Å². The molecule has 1 saturated carbocycles. The van der Waals surface area contributed by atoms with Crippen LogP contribution in [-0.4, -0.2) is 63.2 Å². The number of nitriles is 1. The summed E-state index contributed by atoms with van der Waals surface area (Å²) in [6.07, 6.45) is -1.58. The molecule has 10 nitrogen and oxygen atoms in total. The summed E-state index contributed by atoms with van der Waals surface area (Å²) in [7, 11) is 1.70. The molecular formula is C39H44F3N9OS. The fourth-order valence-electron chi connectivity index (χ4n) is 8.10. The molecule has 4 heterocycles. The van der Waals surface area contributed by atoms with Crippen LogP contribution in [0.25, 0.3) is 21.1 Å². The van der Waals surface area contributed by atoms with Gasteiger partial charge in [0, 0.05) is 66.3 Å². The van der Waals surface area contributed by atoms with E-state index in [0.717, 1.165) is 79.7 Å². The maximum absolute atomic E-state index is 13.1. The summed E-state index contributed by atoms with van der Waals surface area (Å²) in [6.45, 7) is 7.42. The van der Waals surface area contributed by atoms with Gasteiger partial charge in [-0.2, -0.15) is 23.4 Å².